The molecule has 0 fully saturated rings. The Balaban J connectivity index is 2.24. The van der Waals surface area contributed by atoms with Crippen LogP contribution in [-0.4, -0.2) is 10.9 Å². The molecule has 0 saturated carbocycles. The van der Waals surface area contributed by atoms with Crippen molar-refractivity contribution in [1.29, 1.82) is 0 Å². The fraction of sp³-hybridized carbons (Fsp3) is 0.0909. The molecule has 0 spiro atoms. The van der Waals surface area contributed by atoms with Crippen LogP contribution in [0.4, 0.5) is 11.4 Å². The number of aromatic nitrogens is 1. The second-order valence-corrected chi connectivity index (χ2v) is 3.87. The van der Waals surface area contributed by atoms with E-state index in [-0.39, 0.29) is 5.76 Å². The van der Waals surface area contributed by atoms with E-state index in [9.17, 15) is 4.79 Å². The molecule has 0 aliphatic rings. The van der Waals surface area contributed by atoms with Gasteiger partial charge in [0, 0.05) is 5.69 Å². The first-order valence-corrected chi connectivity index (χ1v) is 5.22. The zero-order valence-electron chi connectivity index (χ0n) is 9.03. The van der Waals surface area contributed by atoms with Gasteiger partial charge in [0.25, 0.3) is 5.91 Å². The van der Waals surface area contributed by atoms with E-state index in [4.69, 9.17) is 21.8 Å². The molecule has 2 rings (SSSR count). The van der Waals surface area contributed by atoms with E-state index in [0.29, 0.717) is 22.1 Å². The van der Waals surface area contributed by atoms with Gasteiger partial charge in [0.05, 0.1) is 16.4 Å². The molecule has 2 aromatic rings. The zero-order valence-corrected chi connectivity index (χ0v) is 9.78. The first-order chi connectivity index (χ1) is 8.08. The molecular formula is C11H10ClN3O2. The number of anilines is 2. The van der Waals surface area contributed by atoms with Gasteiger partial charge < -0.3 is 15.5 Å². The topological polar surface area (TPSA) is 81.2 Å². The Hall–Kier alpha value is -2.01. The Bertz CT molecular complexity index is 566. The Morgan fingerprint density at radius 2 is 2.29 bits per heavy atom. The second kappa shape index (κ2) is 4.47. The molecule has 1 heterocycles. The Labute approximate surface area is 103 Å². The Kier molecular flexibility index (Phi) is 3.01. The number of hydrogen-bond acceptors (Lipinski definition) is 4. The molecule has 1 aromatic heterocycles. The van der Waals surface area contributed by atoms with Gasteiger partial charge in [0.2, 0.25) is 5.76 Å². The number of carbonyl (C=O) groups is 1. The minimum absolute atomic E-state index is 0.156. The lowest BCUT2D eigenvalue weighted by Gasteiger charge is -2.06. The number of benzene rings is 1. The third-order valence-corrected chi connectivity index (χ3v) is 2.52. The molecule has 0 unspecified atom stereocenters. The summed E-state index contributed by atoms with van der Waals surface area (Å²) >= 11 is 5.92. The summed E-state index contributed by atoms with van der Waals surface area (Å²) in [6, 6.07) is 4.84. The van der Waals surface area contributed by atoms with Crippen molar-refractivity contribution in [2.45, 2.75) is 6.92 Å². The highest BCUT2D eigenvalue weighted by Gasteiger charge is 2.15. The van der Waals surface area contributed by atoms with Gasteiger partial charge in [-0.2, -0.15) is 0 Å². The van der Waals surface area contributed by atoms with Crippen LogP contribution in [0, 0.1) is 6.92 Å². The SMILES string of the molecule is Cc1ncoc1C(=O)Nc1cc(N)ccc1Cl. The first-order valence-electron chi connectivity index (χ1n) is 4.84. The monoisotopic (exact) mass is 251 g/mol. The summed E-state index contributed by atoms with van der Waals surface area (Å²) in [4.78, 5) is 15.6. The van der Waals surface area contributed by atoms with Crippen LogP contribution in [0.3, 0.4) is 0 Å². The number of nitrogen functional groups attached to an aromatic ring is 1. The molecule has 0 aliphatic carbocycles. The standard InChI is InChI=1S/C11H10ClN3O2/c1-6-10(17-5-14-6)11(16)15-9-4-7(13)2-3-8(9)12/h2-5H,13H2,1H3,(H,15,16). The van der Waals surface area contributed by atoms with Crippen LogP contribution in [0.5, 0.6) is 0 Å². The van der Waals surface area contributed by atoms with E-state index < -0.39 is 5.91 Å². The normalized spacial score (nSPS) is 10.2. The fourth-order valence-electron chi connectivity index (χ4n) is 1.34. The van der Waals surface area contributed by atoms with Gasteiger partial charge in [0.15, 0.2) is 6.39 Å². The van der Waals surface area contributed by atoms with Crippen molar-refractivity contribution in [2.75, 3.05) is 11.1 Å². The number of nitrogens with one attached hydrogen (secondary N) is 1. The van der Waals surface area contributed by atoms with Crippen molar-refractivity contribution in [2.24, 2.45) is 0 Å². The molecule has 3 N–H and O–H groups in total. The van der Waals surface area contributed by atoms with Gasteiger partial charge in [-0.25, -0.2) is 4.98 Å². The highest BCUT2D eigenvalue weighted by atomic mass is 35.5. The predicted octanol–water partition coefficient (Wildman–Crippen LogP) is 2.47. The number of oxazole rings is 1. The van der Waals surface area contributed by atoms with Crippen molar-refractivity contribution >= 4 is 28.9 Å². The Morgan fingerprint density at radius 3 is 2.94 bits per heavy atom. The summed E-state index contributed by atoms with van der Waals surface area (Å²) < 4.78 is 4.97. The quantitative estimate of drug-likeness (QED) is 0.804. The minimum atomic E-state index is -0.410. The van der Waals surface area contributed by atoms with Crippen LogP contribution in [0.15, 0.2) is 29.0 Å². The lowest BCUT2D eigenvalue weighted by Crippen LogP contribution is -2.12. The first kappa shape index (κ1) is 11.5. The summed E-state index contributed by atoms with van der Waals surface area (Å²) in [5.74, 6) is -0.254. The minimum Gasteiger partial charge on any atom is -0.438 e. The molecule has 88 valence electrons. The maximum Gasteiger partial charge on any atom is 0.293 e. The molecule has 17 heavy (non-hydrogen) atoms. The molecule has 5 nitrogen and oxygen atoms in total. The van der Waals surface area contributed by atoms with E-state index in [1.807, 2.05) is 0 Å². The van der Waals surface area contributed by atoms with Gasteiger partial charge in [-0.1, -0.05) is 11.6 Å². The highest BCUT2D eigenvalue weighted by Crippen LogP contribution is 2.24. The summed E-state index contributed by atoms with van der Waals surface area (Å²) in [6.07, 6.45) is 1.21. The van der Waals surface area contributed by atoms with Crippen molar-refractivity contribution in [1.82, 2.24) is 4.98 Å². The number of halogens is 1. The maximum absolute atomic E-state index is 11.8. The van der Waals surface area contributed by atoms with Gasteiger partial charge in [-0.3, -0.25) is 4.79 Å². The molecule has 1 amide bonds. The fourth-order valence-corrected chi connectivity index (χ4v) is 1.50. The number of nitrogens with two attached hydrogens (primary N) is 1. The van der Waals surface area contributed by atoms with Crippen molar-refractivity contribution in [3.8, 4) is 0 Å². The molecule has 0 saturated heterocycles. The van der Waals surface area contributed by atoms with Crippen LogP contribution in [-0.2, 0) is 0 Å². The molecule has 0 radical (unpaired) electrons. The number of carbonyl (C=O) groups excluding carboxylic acids is 1. The van der Waals surface area contributed by atoms with Crippen molar-refractivity contribution in [3.05, 3.63) is 41.1 Å². The number of amides is 1. The molecular weight excluding hydrogens is 242 g/mol. The predicted molar refractivity (Wildman–Crippen MR) is 65.1 cm³/mol. The number of nitrogens with zero attached hydrogens (tertiary/aromatic N) is 1. The molecule has 0 aliphatic heterocycles. The number of aryl methyl sites for hydroxylation is 1. The molecule has 6 heteroatoms. The lowest BCUT2D eigenvalue weighted by atomic mass is 10.2. The van der Waals surface area contributed by atoms with Gasteiger partial charge in [-0.05, 0) is 25.1 Å². The number of rotatable bonds is 2. The maximum atomic E-state index is 11.8. The van der Waals surface area contributed by atoms with Crippen LogP contribution >= 0.6 is 11.6 Å². The van der Waals surface area contributed by atoms with Gasteiger partial charge >= 0.3 is 0 Å². The largest absolute Gasteiger partial charge is 0.438 e. The van der Waals surface area contributed by atoms with Crippen molar-refractivity contribution < 1.29 is 9.21 Å². The summed E-state index contributed by atoms with van der Waals surface area (Å²) in [7, 11) is 0. The third kappa shape index (κ3) is 2.39. The zero-order chi connectivity index (χ0) is 12.4. The average Bonchev–Trinajstić information content (AvgIpc) is 2.70. The van der Waals surface area contributed by atoms with Crippen LogP contribution < -0.4 is 11.1 Å². The van der Waals surface area contributed by atoms with Crippen molar-refractivity contribution in [3.63, 3.8) is 0 Å². The van der Waals surface area contributed by atoms with E-state index in [1.165, 1.54) is 6.39 Å². The highest BCUT2D eigenvalue weighted by molar-refractivity contribution is 6.34. The smallest absolute Gasteiger partial charge is 0.293 e. The van der Waals surface area contributed by atoms with Crippen LogP contribution in [0.1, 0.15) is 16.2 Å². The van der Waals surface area contributed by atoms with Gasteiger partial charge in [0.1, 0.15) is 0 Å². The van der Waals surface area contributed by atoms with Crippen LogP contribution in [0.25, 0.3) is 0 Å². The second-order valence-electron chi connectivity index (χ2n) is 3.46. The van der Waals surface area contributed by atoms with Gasteiger partial charge in [-0.15, -0.1) is 0 Å². The molecule has 0 atom stereocenters. The Morgan fingerprint density at radius 1 is 1.53 bits per heavy atom. The summed E-state index contributed by atoms with van der Waals surface area (Å²) in [5.41, 5.74) is 7.07. The summed E-state index contributed by atoms with van der Waals surface area (Å²) in [6.45, 7) is 1.68. The number of hydrogen-bond donors (Lipinski definition) is 2. The van der Waals surface area contributed by atoms with E-state index in [0.717, 1.165) is 0 Å². The third-order valence-electron chi connectivity index (χ3n) is 2.19. The van der Waals surface area contributed by atoms with E-state index in [1.54, 1.807) is 25.1 Å². The van der Waals surface area contributed by atoms with E-state index in [2.05, 4.69) is 10.3 Å². The van der Waals surface area contributed by atoms with E-state index >= 15 is 0 Å². The lowest BCUT2D eigenvalue weighted by molar-refractivity contribution is 0.0996. The summed E-state index contributed by atoms with van der Waals surface area (Å²) in [5, 5.41) is 3.02. The molecule has 1 aromatic carbocycles. The van der Waals surface area contributed by atoms with Crippen LogP contribution in [0.2, 0.25) is 5.02 Å². The average molecular weight is 252 g/mol. The molecule has 0 bridgehead atoms.